The lowest BCUT2D eigenvalue weighted by molar-refractivity contribution is -0.274. The van der Waals surface area contributed by atoms with Crippen molar-refractivity contribution < 1.29 is 22.7 Å². The van der Waals surface area contributed by atoms with E-state index in [9.17, 15) is 18.0 Å². The molecule has 1 amide bonds. The highest BCUT2D eigenvalue weighted by Gasteiger charge is 2.33. The molecule has 3 heterocycles. The lowest BCUT2D eigenvalue weighted by Gasteiger charge is -2.13. The van der Waals surface area contributed by atoms with Crippen molar-refractivity contribution in [3.8, 4) is 17.6 Å². The zero-order chi connectivity index (χ0) is 25.3. The first-order chi connectivity index (χ1) is 17.3. The zero-order valence-electron chi connectivity index (χ0n) is 19.1. The molecule has 1 saturated heterocycles. The number of pyridine rings is 1. The van der Waals surface area contributed by atoms with Crippen molar-refractivity contribution in [1.82, 2.24) is 25.1 Å². The third-order valence-electron chi connectivity index (χ3n) is 6.03. The molecular weight excluding hydrogens is 475 g/mol. The molecular formula is C24H22F3N7O2. The van der Waals surface area contributed by atoms with Crippen LogP contribution in [-0.4, -0.2) is 45.1 Å². The summed E-state index contributed by atoms with van der Waals surface area (Å²) >= 11 is 0. The van der Waals surface area contributed by atoms with Gasteiger partial charge in [-0.15, -0.1) is 18.3 Å². The van der Waals surface area contributed by atoms with Gasteiger partial charge in [0.1, 0.15) is 11.8 Å². The SMILES string of the molecule is N#Cc1ccc(-n2nc(N3CCCC3)nc2CNC(=O)c2cc(OC(F)(F)F)cc(C3CC3)c2)nc1. The normalized spacial score (nSPS) is 15.6. The van der Waals surface area contributed by atoms with E-state index in [0.29, 0.717) is 28.7 Å². The highest BCUT2D eigenvalue weighted by atomic mass is 19.4. The van der Waals surface area contributed by atoms with Gasteiger partial charge >= 0.3 is 6.36 Å². The van der Waals surface area contributed by atoms with Gasteiger partial charge in [-0.2, -0.15) is 14.9 Å². The van der Waals surface area contributed by atoms with E-state index in [1.165, 1.54) is 16.9 Å². The summed E-state index contributed by atoms with van der Waals surface area (Å²) in [4.78, 5) is 23.8. The quantitative estimate of drug-likeness (QED) is 0.528. The summed E-state index contributed by atoms with van der Waals surface area (Å²) in [6.07, 6.45) is 0.324. The van der Waals surface area contributed by atoms with Crippen molar-refractivity contribution in [2.45, 2.75) is 44.5 Å². The second kappa shape index (κ2) is 9.49. The number of hydrogen-bond acceptors (Lipinski definition) is 7. The van der Waals surface area contributed by atoms with E-state index in [4.69, 9.17) is 5.26 Å². The van der Waals surface area contributed by atoms with E-state index in [1.807, 2.05) is 11.0 Å². The predicted octanol–water partition coefficient (Wildman–Crippen LogP) is 3.84. The number of carbonyl (C=O) groups excluding carboxylic acids is 1. The van der Waals surface area contributed by atoms with Crippen LogP contribution in [0.5, 0.6) is 5.75 Å². The first-order valence-electron chi connectivity index (χ1n) is 11.6. The summed E-state index contributed by atoms with van der Waals surface area (Å²) in [5.41, 5.74) is 1.10. The van der Waals surface area contributed by atoms with Gasteiger partial charge in [-0.3, -0.25) is 4.79 Å². The molecule has 1 saturated carbocycles. The van der Waals surface area contributed by atoms with Crippen molar-refractivity contribution >= 4 is 11.9 Å². The number of halogens is 3. The van der Waals surface area contributed by atoms with E-state index < -0.39 is 18.0 Å². The fourth-order valence-electron chi connectivity index (χ4n) is 4.12. The second-order valence-electron chi connectivity index (χ2n) is 8.75. The Labute approximate surface area is 204 Å². The van der Waals surface area contributed by atoms with Gasteiger partial charge in [0.25, 0.3) is 5.91 Å². The van der Waals surface area contributed by atoms with Crippen molar-refractivity contribution in [1.29, 1.82) is 5.26 Å². The van der Waals surface area contributed by atoms with E-state index in [2.05, 4.69) is 25.1 Å². The highest BCUT2D eigenvalue weighted by Crippen LogP contribution is 2.42. The highest BCUT2D eigenvalue weighted by molar-refractivity contribution is 5.94. The smallest absolute Gasteiger partial charge is 0.406 e. The summed E-state index contributed by atoms with van der Waals surface area (Å²) in [6, 6.07) is 9.25. The zero-order valence-corrected chi connectivity index (χ0v) is 19.1. The third kappa shape index (κ3) is 5.40. The van der Waals surface area contributed by atoms with E-state index >= 15 is 0 Å². The number of carbonyl (C=O) groups is 1. The Morgan fingerprint density at radius 3 is 2.61 bits per heavy atom. The lowest BCUT2D eigenvalue weighted by atomic mass is 10.1. The van der Waals surface area contributed by atoms with Gasteiger partial charge in [0.2, 0.25) is 5.95 Å². The molecule has 0 unspecified atom stereocenters. The van der Waals surface area contributed by atoms with Crippen molar-refractivity contribution in [3.63, 3.8) is 0 Å². The molecule has 2 aromatic heterocycles. The van der Waals surface area contributed by atoms with Crippen LogP contribution in [0, 0.1) is 11.3 Å². The average molecular weight is 497 g/mol. The molecule has 1 N–H and O–H groups in total. The Hall–Kier alpha value is -4.14. The third-order valence-corrected chi connectivity index (χ3v) is 6.03. The molecule has 186 valence electrons. The molecule has 36 heavy (non-hydrogen) atoms. The molecule has 5 rings (SSSR count). The molecule has 3 aromatic rings. The number of hydrogen-bond donors (Lipinski definition) is 1. The van der Waals surface area contributed by atoms with Gasteiger partial charge in [0.05, 0.1) is 12.1 Å². The maximum atomic E-state index is 13.0. The Morgan fingerprint density at radius 2 is 1.97 bits per heavy atom. The minimum Gasteiger partial charge on any atom is -0.406 e. The largest absolute Gasteiger partial charge is 0.573 e. The Balaban J connectivity index is 1.39. The molecule has 0 radical (unpaired) electrons. The molecule has 0 atom stereocenters. The van der Waals surface area contributed by atoms with Crippen LogP contribution < -0.4 is 15.0 Å². The monoisotopic (exact) mass is 497 g/mol. The van der Waals surface area contributed by atoms with Gasteiger partial charge in [-0.25, -0.2) is 4.98 Å². The minimum atomic E-state index is -4.85. The van der Waals surface area contributed by atoms with E-state index in [1.54, 1.807) is 18.2 Å². The number of anilines is 1. The number of nitrogens with one attached hydrogen (secondary N) is 1. The second-order valence-corrected chi connectivity index (χ2v) is 8.75. The van der Waals surface area contributed by atoms with Gasteiger partial charge < -0.3 is 15.0 Å². The summed E-state index contributed by atoms with van der Waals surface area (Å²) in [5, 5.41) is 16.3. The van der Waals surface area contributed by atoms with Crippen LogP contribution in [0.2, 0.25) is 0 Å². The van der Waals surface area contributed by atoms with Crippen LogP contribution in [0.25, 0.3) is 5.82 Å². The number of ether oxygens (including phenoxy) is 1. The molecule has 0 bridgehead atoms. The first-order valence-corrected chi connectivity index (χ1v) is 11.6. The predicted molar refractivity (Wildman–Crippen MR) is 122 cm³/mol. The molecule has 0 spiro atoms. The summed E-state index contributed by atoms with van der Waals surface area (Å²) in [7, 11) is 0. The number of amides is 1. The van der Waals surface area contributed by atoms with Crippen molar-refractivity contribution in [2.24, 2.45) is 0 Å². The topological polar surface area (TPSA) is 109 Å². The summed E-state index contributed by atoms with van der Waals surface area (Å²) in [6.45, 7) is 1.59. The molecule has 12 heteroatoms. The molecule has 2 aliphatic rings. The fourth-order valence-corrected chi connectivity index (χ4v) is 4.12. The van der Waals surface area contributed by atoms with Gasteiger partial charge in [0.15, 0.2) is 11.6 Å². The summed E-state index contributed by atoms with van der Waals surface area (Å²) in [5.74, 6) is 0.467. The van der Waals surface area contributed by atoms with Crippen molar-refractivity contribution in [3.05, 3.63) is 59.0 Å². The van der Waals surface area contributed by atoms with Gasteiger partial charge in [0, 0.05) is 24.8 Å². The maximum Gasteiger partial charge on any atom is 0.573 e. The molecule has 2 fully saturated rings. The summed E-state index contributed by atoms with van der Waals surface area (Å²) < 4.78 is 44.0. The minimum absolute atomic E-state index is 0.0372. The Bertz CT molecular complexity index is 1300. The average Bonchev–Trinajstić information content (AvgIpc) is 3.39. The standard InChI is InChI=1S/C24H22F3N7O2/c25-24(26,27)36-19-10-17(16-4-5-16)9-18(11-19)22(35)30-14-21-31-23(33-7-1-2-8-33)32-34(21)20-6-3-15(12-28)13-29-20/h3,6,9-11,13,16H,1-2,4-5,7-8,14H2,(H,30,35). The molecule has 1 aromatic carbocycles. The van der Waals surface area contributed by atoms with E-state index in [-0.39, 0.29) is 18.0 Å². The van der Waals surface area contributed by atoms with Crippen molar-refractivity contribution in [2.75, 3.05) is 18.0 Å². The number of aromatic nitrogens is 4. The van der Waals surface area contributed by atoms with Gasteiger partial charge in [-0.05, 0) is 67.5 Å². The Morgan fingerprint density at radius 1 is 1.19 bits per heavy atom. The molecule has 1 aliphatic heterocycles. The molecule has 1 aliphatic carbocycles. The van der Waals surface area contributed by atoms with Crippen LogP contribution in [0.15, 0.2) is 36.5 Å². The maximum absolute atomic E-state index is 13.0. The number of alkyl halides is 3. The van der Waals surface area contributed by atoms with Crippen LogP contribution in [0.1, 0.15) is 58.9 Å². The molecule has 9 nitrogen and oxygen atoms in total. The Kier molecular flexibility index (Phi) is 6.22. The van der Waals surface area contributed by atoms with E-state index in [0.717, 1.165) is 44.8 Å². The number of nitriles is 1. The van der Waals surface area contributed by atoms with Crippen LogP contribution in [0.3, 0.4) is 0 Å². The number of benzene rings is 1. The number of rotatable bonds is 7. The fraction of sp³-hybridized carbons (Fsp3) is 0.375. The lowest BCUT2D eigenvalue weighted by Crippen LogP contribution is -2.25. The van der Waals surface area contributed by atoms with Gasteiger partial charge in [-0.1, -0.05) is 0 Å². The van der Waals surface area contributed by atoms with Crippen LogP contribution >= 0.6 is 0 Å². The van der Waals surface area contributed by atoms with Crippen LogP contribution in [-0.2, 0) is 6.54 Å². The number of nitrogens with zero attached hydrogens (tertiary/aromatic N) is 6. The first kappa shape index (κ1) is 23.6. The van der Waals surface area contributed by atoms with Crippen LogP contribution in [0.4, 0.5) is 19.1 Å².